The topological polar surface area (TPSA) is 77.2 Å². The van der Waals surface area contributed by atoms with Crippen molar-refractivity contribution in [1.82, 2.24) is 4.98 Å². The maximum Gasteiger partial charge on any atom is 0.228 e. The van der Waals surface area contributed by atoms with Gasteiger partial charge >= 0.3 is 0 Å². The summed E-state index contributed by atoms with van der Waals surface area (Å²) in [5.41, 5.74) is 7.28. The van der Waals surface area contributed by atoms with E-state index in [9.17, 15) is 4.79 Å². The predicted octanol–water partition coefficient (Wildman–Crippen LogP) is 2.78. The lowest BCUT2D eigenvalue weighted by molar-refractivity contribution is -0.118. The van der Waals surface area contributed by atoms with Gasteiger partial charge in [0, 0.05) is 5.69 Å². The molecule has 20 heavy (non-hydrogen) atoms. The molecule has 1 aromatic heterocycles. The molecule has 0 atom stereocenters. The van der Waals surface area contributed by atoms with Crippen molar-refractivity contribution in [2.24, 2.45) is 0 Å². The lowest BCUT2D eigenvalue weighted by Gasteiger charge is -2.25. The first kappa shape index (κ1) is 13.3. The van der Waals surface area contributed by atoms with E-state index in [1.165, 1.54) is 17.8 Å². The van der Waals surface area contributed by atoms with E-state index >= 15 is 0 Å². The molecular formula is C14H17N3O2S. The fourth-order valence-corrected chi connectivity index (χ4v) is 2.96. The van der Waals surface area contributed by atoms with Crippen LogP contribution in [0.25, 0.3) is 10.2 Å². The Balaban J connectivity index is 1.53. The largest absolute Gasteiger partial charge is 0.399 e. The van der Waals surface area contributed by atoms with Gasteiger partial charge in [0.05, 0.1) is 29.3 Å². The van der Waals surface area contributed by atoms with Gasteiger partial charge in [-0.3, -0.25) is 4.79 Å². The number of nitrogen functional groups attached to an aromatic ring is 1. The minimum Gasteiger partial charge on any atom is -0.399 e. The third kappa shape index (κ3) is 3.08. The Hall–Kier alpha value is -1.66. The molecule has 2 aromatic rings. The number of benzene rings is 1. The molecular weight excluding hydrogens is 274 g/mol. The highest BCUT2D eigenvalue weighted by atomic mass is 32.1. The molecule has 1 heterocycles. The molecule has 1 aromatic carbocycles. The monoisotopic (exact) mass is 291 g/mol. The van der Waals surface area contributed by atoms with E-state index in [2.05, 4.69) is 10.3 Å². The summed E-state index contributed by atoms with van der Waals surface area (Å²) in [5.74, 6) is -0.0589. The summed E-state index contributed by atoms with van der Waals surface area (Å²) in [4.78, 5) is 16.1. The molecule has 3 rings (SSSR count). The molecule has 5 nitrogen and oxygen atoms in total. The molecule has 106 valence electrons. The Morgan fingerprint density at radius 1 is 1.50 bits per heavy atom. The van der Waals surface area contributed by atoms with Crippen LogP contribution in [0, 0.1) is 0 Å². The zero-order chi connectivity index (χ0) is 13.9. The molecule has 0 radical (unpaired) electrons. The SMILES string of the molecule is Nc1ccc2nc(NC(=O)CCOC3CCC3)sc2c1. The van der Waals surface area contributed by atoms with Crippen molar-refractivity contribution in [1.29, 1.82) is 0 Å². The number of ether oxygens (including phenoxy) is 1. The normalized spacial score (nSPS) is 15.2. The highest BCUT2D eigenvalue weighted by Crippen LogP contribution is 2.27. The highest BCUT2D eigenvalue weighted by Gasteiger charge is 2.18. The zero-order valence-corrected chi connectivity index (χ0v) is 11.9. The van der Waals surface area contributed by atoms with Crippen LogP contribution in [0.4, 0.5) is 10.8 Å². The lowest BCUT2D eigenvalue weighted by atomic mass is 9.96. The molecule has 0 unspecified atom stereocenters. The van der Waals surface area contributed by atoms with E-state index in [0.717, 1.165) is 23.1 Å². The number of nitrogens with two attached hydrogens (primary N) is 1. The number of amides is 1. The van der Waals surface area contributed by atoms with Crippen molar-refractivity contribution in [3.05, 3.63) is 18.2 Å². The highest BCUT2D eigenvalue weighted by molar-refractivity contribution is 7.22. The van der Waals surface area contributed by atoms with Crippen molar-refractivity contribution >= 4 is 38.3 Å². The van der Waals surface area contributed by atoms with E-state index in [4.69, 9.17) is 10.5 Å². The fourth-order valence-electron chi connectivity index (χ4n) is 2.03. The smallest absolute Gasteiger partial charge is 0.228 e. The molecule has 1 aliphatic rings. The Kier molecular flexibility index (Phi) is 3.84. The van der Waals surface area contributed by atoms with Gasteiger partial charge in [-0.05, 0) is 37.5 Å². The number of nitrogens with zero attached hydrogens (tertiary/aromatic N) is 1. The van der Waals surface area contributed by atoms with E-state index in [1.54, 1.807) is 6.07 Å². The van der Waals surface area contributed by atoms with Crippen molar-refractivity contribution < 1.29 is 9.53 Å². The number of aromatic nitrogens is 1. The maximum absolute atomic E-state index is 11.8. The molecule has 0 spiro atoms. The van der Waals surface area contributed by atoms with Crippen molar-refractivity contribution in [2.45, 2.75) is 31.8 Å². The number of fused-ring (bicyclic) bond motifs is 1. The first-order valence-corrected chi connectivity index (χ1v) is 7.60. The van der Waals surface area contributed by atoms with E-state index in [1.807, 2.05) is 12.1 Å². The fraction of sp³-hybridized carbons (Fsp3) is 0.429. The Morgan fingerprint density at radius 2 is 2.35 bits per heavy atom. The Morgan fingerprint density at radius 3 is 3.10 bits per heavy atom. The molecule has 0 aliphatic heterocycles. The molecule has 1 fully saturated rings. The number of rotatable bonds is 5. The number of carbonyl (C=O) groups excluding carboxylic acids is 1. The summed E-state index contributed by atoms with van der Waals surface area (Å²) in [5, 5.41) is 3.42. The summed E-state index contributed by atoms with van der Waals surface area (Å²) < 4.78 is 6.54. The van der Waals surface area contributed by atoms with Crippen molar-refractivity contribution in [3.8, 4) is 0 Å². The van der Waals surface area contributed by atoms with Crippen molar-refractivity contribution in [2.75, 3.05) is 17.7 Å². The van der Waals surface area contributed by atoms with Gasteiger partial charge in [-0.2, -0.15) is 0 Å². The van der Waals surface area contributed by atoms with Crippen LogP contribution >= 0.6 is 11.3 Å². The van der Waals surface area contributed by atoms with Gasteiger partial charge in [-0.1, -0.05) is 11.3 Å². The van der Waals surface area contributed by atoms with Crippen LogP contribution in [0.2, 0.25) is 0 Å². The summed E-state index contributed by atoms with van der Waals surface area (Å²) in [7, 11) is 0. The molecule has 3 N–H and O–H groups in total. The van der Waals surface area contributed by atoms with Crippen LogP contribution in [0.5, 0.6) is 0 Å². The number of carbonyl (C=O) groups is 1. The van der Waals surface area contributed by atoms with Gasteiger partial charge in [0.2, 0.25) is 5.91 Å². The first-order valence-electron chi connectivity index (χ1n) is 6.78. The van der Waals surface area contributed by atoms with Crippen LogP contribution in [0.1, 0.15) is 25.7 Å². The van der Waals surface area contributed by atoms with E-state index < -0.39 is 0 Å². The average Bonchev–Trinajstić information content (AvgIpc) is 2.73. The number of anilines is 2. The first-order chi connectivity index (χ1) is 9.70. The lowest BCUT2D eigenvalue weighted by Crippen LogP contribution is -2.23. The molecule has 1 amide bonds. The molecule has 6 heteroatoms. The number of nitrogens with one attached hydrogen (secondary N) is 1. The van der Waals surface area contributed by atoms with Gasteiger partial charge in [0.25, 0.3) is 0 Å². The maximum atomic E-state index is 11.8. The van der Waals surface area contributed by atoms with Gasteiger partial charge in [-0.15, -0.1) is 0 Å². The summed E-state index contributed by atoms with van der Waals surface area (Å²) in [6.45, 7) is 0.480. The van der Waals surface area contributed by atoms with Gasteiger partial charge in [0.15, 0.2) is 5.13 Å². The Labute approximate surface area is 121 Å². The van der Waals surface area contributed by atoms with Gasteiger partial charge in [-0.25, -0.2) is 4.98 Å². The Bertz CT molecular complexity index is 622. The number of hydrogen-bond acceptors (Lipinski definition) is 5. The van der Waals surface area contributed by atoms with Crippen LogP contribution < -0.4 is 11.1 Å². The molecule has 1 aliphatic carbocycles. The molecule has 0 bridgehead atoms. The predicted molar refractivity (Wildman–Crippen MR) is 80.9 cm³/mol. The van der Waals surface area contributed by atoms with Crippen LogP contribution in [-0.2, 0) is 9.53 Å². The number of thiazole rings is 1. The second-order valence-corrected chi connectivity index (χ2v) is 6.00. The van der Waals surface area contributed by atoms with Gasteiger partial charge in [0.1, 0.15) is 0 Å². The second kappa shape index (κ2) is 5.76. The quantitative estimate of drug-likeness (QED) is 0.830. The van der Waals surface area contributed by atoms with Gasteiger partial charge < -0.3 is 15.8 Å². The minimum atomic E-state index is -0.0589. The van der Waals surface area contributed by atoms with Crippen LogP contribution in [0.15, 0.2) is 18.2 Å². The minimum absolute atomic E-state index is 0.0589. The summed E-state index contributed by atoms with van der Waals surface area (Å²) >= 11 is 1.43. The summed E-state index contributed by atoms with van der Waals surface area (Å²) in [6.07, 6.45) is 4.23. The molecule has 0 saturated heterocycles. The third-order valence-corrected chi connectivity index (χ3v) is 4.33. The zero-order valence-electron chi connectivity index (χ0n) is 11.1. The van der Waals surface area contributed by atoms with Crippen molar-refractivity contribution in [3.63, 3.8) is 0 Å². The average molecular weight is 291 g/mol. The van der Waals surface area contributed by atoms with E-state index in [0.29, 0.717) is 30.0 Å². The standard InChI is InChI=1S/C14H17N3O2S/c15-9-4-5-11-12(8-9)20-14(16-11)17-13(18)6-7-19-10-2-1-3-10/h4-5,8,10H,1-3,6-7,15H2,(H,16,17,18). The van der Waals surface area contributed by atoms with Crippen LogP contribution in [0.3, 0.4) is 0 Å². The van der Waals surface area contributed by atoms with E-state index in [-0.39, 0.29) is 5.91 Å². The molecule has 1 saturated carbocycles. The number of hydrogen-bond donors (Lipinski definition) is 2. The summed E-state index contributed by atoms with van der Waals surface area (Å²) in [6, 6.07) is 5.53. The third-order valence-electron chi connectivity index (χ3n) is 3.39. The second-order valence-electron chi connectivity index (χ2n) is 4.97. The van der Waals surface area contributed by atoms with Crippen LogP contribution in [-0.4, -0.2) is 23.6 Å².